The molecule has 2 aliphatic rings. The molecule has 1 atom stereocenters. The Morgan fingerprint density at radius 3 is 2.68 bits per heavy atom. The number of hydrogen-bond acceptors (Lipinski definition) is 5. The molecule has 2 aliphatic heterocycles. The van der Waals surface area contributed by atoms with Crippen LogP contribution in [0.25, 0.3) is 0 Å². The smallest absolute Gasteiger partial charge is 0.229 e. The summed E-state index contributed by atoms with van der Waals surface area (Å²) in [5, 5.41) is 4.08. The van der Waals surface area contributed by atoms with Crippen molar-refractivity contribution in [3.63, 3.8) is 0 Å². The summed E-state index contributed by atoms with van der Waals surface area (Å²) in [4.78, 5) is 17.7. The summed E-state index contributed by atoms with van der Waals surface area (Å²) in [6.45, 7) is 4.66. The molecule has 19 heavy (non-hydrogen) atoms. The predicted molar refractivity (Wildman–Crippen MR) is 66.7 cm³/mol. The first-order valence-electron chi connectivity index (χ1n) is 6.91. The molecule has 0 aromatic carbocycles. The zero-order valence-corrected chi connectivity index (χ0v) is 11.2. The second-order valence-corrected chi connectivity index (χ2v) is 5.33. The molecule has 1 unspecified atom stereocenters. The molecule has 6 nitrogen and oxygen atoms in total. The van der Waals surface area contributed by atoms with Gasteiger partial charge in [0.1, 0.15) is 0 Å². The maximum atomic E-state index is 11.3. The van der Waals surface area contributed by atoms with Crippen molar-refractivity contribution in [3.8, 4) is 0 Å². The van der Waals surface area contributed by atoms with Crippen molar-refractivity contribution in [2.24, 2.45) is 0 Å². The van der Waals surface area contributed by atoms with Gasteiger partial charge in [-0.15, -0.1) is 0 Å². The van der Waals surface area contributed by atoms with Crippen LogP contribution in [-0.2, 0) is 9.53 Å². The Morgan fingerprint density at radius 1 is 1.26 bits per heavy atom. The lowest BCUT2D eigenvalue weighted by Gasteiger charge is -2.29. The van der Waals surface area contributed by atoms with Gasteiger partial charge >= 0.3 is 0 Å². The van der Waals surface area contributed by atoms with Gasteiger partial charge in [-0.05, 0) is 19.3 Å². The van der Waals surface area contributed by atoms with Crippen LogP contribution in [0.4, 0.5) is 0 Å². The van der Waals surface area contributed by atoms with Crippen molar-refractivity contribution < 1.29 is 14.1 Å². The quantitative estimate of drug-likeness (QED) is 0.806. The fourth-order valence-corrected chi connectivity index (χ4v) is 2.76. The molecule has 0 saturated carbocycles. The lowest BCUT2D eigenvalue weighted by molar-refractivity contribution is -0.129. The van der Waals surface area contributed by atoms with Gasteiger partial charge in [0.15, 0.2) is 5.82 Å². The van der Waals surface area contributed by atoms with E-state index >= 15 is 0 Å². The molecule has 6 heteroatoms. The van der Waals surface area contributed by atoms with Gasteiger partial charge in [-0.3, -0.25) is 4.79 Å². The van der Waals surface area contributed by atoms with Crippen molar-refractivity contribution in [2.45, 2.75) is 38.0 Å². The molecule has 2 fully saturated rings. The van der Waals surface area contributed by atoms with Crippen molar-refractivity contribution in [2.75, 3.05) is 26.3 Å². The highest BCUT2D eigenvalue weighted by Gasteiger charge is 2.28. The van der Waals surface area contributed by atoms with E-state index in [2.05, 4.69) is 10.1 Å². The Labute approximate surface area is 112 Å². The van der Waals surface area contributed by atoms with Crippen LogP contribution >= 0.6 is 0 Å². The highest BCUT2D eigenvalue weighted by atomic mass is 16.5. The van der Waals surface area contributed by atoms with Crippen molar-refractivity contribution in [1.82, 2.24) is 15.0 Å². The summed E-state index contributed by atoms with van der Waals surface area (Å²) in [7, 11) is 0. The zero-order valence-electron chi connectivity index (χ0n) is 11.2. The number of piperidine rings is 1. The van der Waals surface area contributed by atoms with E-state index in [1.54, 1.807) is 6.92 Å². The summed E-state index contributed by atoms with van der Waals surface area (Å²) in [5.74, 6) is 2.23. The van der Waals surface area contributed by atoms with Gasteiger partial charge in [-0.1, -0.05) is 5.16 Å². The maximum Gasteiger partial charge on any atom is 0.229 e. The van der Waals surface area contributed by atoms with Crippen LogP contribution in [0, 0.1) is 0 Å². The van der Waals surface area contributed by atoms with Crippen LogP contribution in [0.15, 0.2) is 4.52 Å². The Bertz CT molecular complexity index is 446. The van der Waals surface area contributed by atoms with Gasteiger partial charge in [-0.2, -0.15) is 4.98 Å². The Kier molecular flexibility index (Phi) is 3.50. The number of carbonyl (C=O) groups is 1. The second-order valence-electron chi connectivity index (χ2n) is 5.33. The maximum absolute atomic E-state index is 11.3. The number of likely N-dealkylation sites (tertiary alicyclic amines) is 1. The van der Waals surface area contributed by atoms with Crippen LogP contribution < -0.4 is 0 Å². The molecular weight excluding hydrogens is 246 g/mol. The fourth-order valence-electron chi connectivity index (χ4n) is 2.76. The van der Waals surface area contributed by atoms with Gasteiger partial charge < -0.3 is 14.2 Å². The van der Waals surface area contributed by atoms with E-state index in [0.717, 1.165) is 50.7 Å². The molecule has 0 bridgehead atoms. The lowest BCUT2D eigenvalue weighted by Crippen LogP contribution is -2.36. The number of amides is 1. The van der Waals surface area contributed by atoms with E-state index in [9.17, 15) is 4.79 Å². The van der Waals surface area contributed by atoms with Crippen molar-refractivity contribution in [3.05, 3.63) is 11.7 Å². The molecule has 1 aromatic rings. The standard InChI is InChI=1S/C13H19N3O3/c1-9(17)16-5-2-10(3-6-16)13-14-12(15-19-13)11-4-7-18-8-11/h10-11H,2-8H2,1H3. The average Bonchev–Trinajstić information content (AvgIpc) is 3.10. The Balaban J connectivity index is 1.62. The first kappa shape index (κ1) is 12.6. The fraction of sp³-hybridized carbons (Fsp3) is 0.769. The van der Waals surface area contributed by atoms with E-state index in [4.69, 9.17) is 9.26 Å². The molecule has 1 amide bonds. The molecule has 104 valence electrons. The topological polar surface area (TPSA) is 68.5 Å². The first-order chi connectivity index (χ1) is 9.24. The normalized spacial score (nSPS) is 24.9. The molecule has 0 spiro atoms. The summed E-state index contributed by atoms with van der Waals surface area (Å²) in [6, 6.07) is 0. The summed E-state index contributed by atoms with van der Waals surface area (Å²) >= 11 is 0. The van der Waals surface area contributed by atoms with Crippen molar-refractivity contribution >= 4 is 5.91 Å². The summed E-state index contributed by atoms with van der Waals surface area (Å²) in [5.41, 5.74) is 0. The molecule has 2 saturated heterocycles. The number of hydrogen-bond donors (Lipinski definition) is 0. The largest absolute Gasteiger partial charge is 0.381 e. The highest BCUT2D eigenvalue weighted by molar-refractivity contribution is 5.73. The van der Waals surface area contributed by atoms with Gasteiger partial charge in [0.2, 0.25) is 11.8 Å². The SMILES string of the molecule is CC(=O)N1CCC(c2nc(C3CCOC3)no2)CC1. The van der Waals surface area contributed by atoms with Crippen molar-refractivity contribution in [1.29, 1.82) is 0 Å². The molecule has 3 rings (SSSR count). The van der Waals surface area contributed by atoms with Crippen LogP contribution in [0.1, 0.15) is 49.7 Å². The second kappa shape index (κ2) is 5.28. The van der Waals surface area contributed by atoms with Crippen LogP contribution in [-0.4, -0.2) is 47.3 Å². The Morgan fingerprint density at radius 2 is 2.05 bits per heavy atom. The van der Waals surface area contributed by atoms with Gasteiger partial charge in [0, 0.05) is 38.5 Å². The summed E-state index contributed by atoms with van der Waals surface area (Å²) in [6.07, 6.45) is 2.78. The number of ether oxygens (including phenoxy) is 1. The third kappa shape index (κ3) is 2.63. The number of aromatic nitrogens is 2. The monoisotopic (exact) mass is 265 g/mol. The van der Waals surface area contributed by atoms with E-state index < -0.39 is 0 Å². The number of carbonyl (C=O) groups excluding carboxylic acids is 1. The zero-order chi connectivity index (χ0) is 13.2. The minimum atomic E-state index is 0.146. The van der Waals surface area contributed by atoms with Crippen LogP contribution in [0.2, 0.25) is 0 Å². The first-order valence-corrected chi connectivity index (χ1v) is 6.91. The molecule has 0 radical (unpaired) electrons. The summed E-state index contributed by atoms with van der Waals surface area (Å²) < 4.78 is 10.7. The Hall–Kier alpha value is -1.43. The average molecular weight is 265 g/mol. The van der Waals surface area contributed by atoms with Crippen LogP contribution in [0.3, 0.4) is 0 Å². The molecule has 3 heterocycles. The van der Waals surface area contributed by atoms with E-state index in [-0.39, 0.29) is 11.8 Å². The van der Waals surface area contributed by atoms with E-state index in [1.165, 1.54) is 0 Å². The minimum absolute atomic E-state index is 0.146. The van der Waals surface area contributed by atoms with E-state index in [1.807, 2.05) is 4.90 Å². The number of rotatable bonds is 2. The molecular formula is C13H19N3O3. The third-order valence-electron chi connectivity index (χ3n) is 4.04. The van der Waals surface area contributed by atoms with Crippen LogP contribution in [0.5, 0.6) is 0 Å². The van der Waals surface area contributed by atoms with Gasteiger partial charge in [-0.25, -0.2) is 0 Å². The predicted octanol–water partition coefficient (Wildman–Crippen LogP) is 1.30. The highest BCUT2D eigenvalue weighted by Crippen LogP contribution is 2.29. The number of nitrogens with zero attached hydrogens (tertiary/aromatic N) is 3. The third-order valence-corrected chi connectivity index (χ3v) is 4.04. The molecule has 0 N–H and O–H groups in total. The molecule has 0 aliphatic carbocycles. The molecule has 1 aromatic heterocycles. The van der Waals surface area contributed by atoms with Gasteiger partial charge in [0.05, 0.1) is 6.61 Å². The van der Waals surface area contributed by atoms with Gasteiger partial charge in [0.25, 0.3) is 0 Å². The lowest BCUT2D eigenvalue weighted by atomic mass is 9.96. The minimum Gasteiger partial charge on any atom is -0.381 e. The van der Waals surface area contributed by atoms with E-state index in [0.29, 0.717) is 12.5 Å².